The van der Waals surface area contributed by atoms with Gasteiger partial charge in [0.05, 0.1) is 5.57 Å². The molecule has 2 rings (SSSR count). The van der Waals surface area contributed by atoms with Crippen molar-refractivity contribution in [2.24, 2.45) is 11.7 Å². The van der Waals surface area contributed by atoms with Crippen molar-refractivity contribution in [1.82, 2.24) is 4.90 Å². The standard InChI is InChI=1S/C19H30FN3S/c1-5-6-19(20)7-14(8-19)11-23-12-16(15(10-21)13(2)22)17(24)9-18(23,3)4/h14,24H,5-9,11-12,22H2,1-4H3/b15-13+. The van der Waals surface area contributed by atoms with Crippen LogP contribution in [0.15, 0.2) is 21.7 Å². The summed E-state index contributed by atoms with van der Waals surface area (Å²) in [4.78, 5) is 3.32. The molecule has 2 aliphatic rings. The number of thiol groups is 1. The van der Waals surface area contributed by atoms with E-state index < -0.39 is 5.67 Å². The van der Waals surface area contributed by atoms with Gasteiger partial charge in [-0.25, -0.2) is 4.39 Å². The van der Waals surface area contributed by atoms with Crippen LogP contribution in [0.25, 0.3) is 0 Å². The van der Waals surface area contributed by atoms with Crippen LogP contribution in [0, 0.1) is 17.2 Å². The number of nitrogens with two attached hydrogens (primary N) is 1. The van der Waals surface area contributed by atoms with E-state index in [0.717, 1.165) is 29.9 Å². The molecule has 5 heteroatoms. The summed E-state index contributed by atoms with van der Waals surface area (Å²) in [5.74, 6) is 0.400. The Labute approximate surface area is 151 Å². The van der Waals surface area contributed by atoms with Gasteiger partial charge in [0, 0.05) is 24.3 Å². The molecule has 0 spiro atoms. The Kier molecular flexibility index (Phi) is 5.71. The number of nitrogens with zero attached hydrogens (tertiary/aromatic N) is 2. The topological polar surface area (TPSA) is 53.0 Å². The molecule has 0 aromatic rings. The second-order valence-corrected chi connectivity index (χ2v) is 8.68. The molecule has 3 nitrogen and oxygen atoms in total. The summed E-state index contributed by atoms with van der Waals surface area (Å²) in [6, 6.07) is 2.22. The molecule has 1 fully saturated rings. The van der Waals surface area contributed by atoms with E-state index >= 15 is 0 Å². The third-order valence-corrected chi connectivity index (χ3v) is 5.88. The fourth-order valence-electron chi connectivity index (χ4n) is 4.12. The van der Waals surface area contributed by atoms with Gasteiger partial charge in [-0.3, -0.25) is 4.90 Å². The molecular formula is C19H30FN3S. The van der Waals surface area contributed by atoms with Gasteiger partial charge in [0.1, 0.15) is 11.7 Å². The number of nitriles is 1. The van der Waals surface area contributed by atoms with Gasteiger partial charge in [-0.15, -0.1) is 12.6 Å². The molecule has 134 valence electrons. The highest BCUT2D eigenvalue weighted by Crippen LogP contribution is 2.46. The Morgan fingerprint density at radius 1 is 1.46 bits per heavy atom. The molecule has 0 amide bonds. The average Bonchev–Trinajstić information content (AvgIpc) is 2.41. The molecule has 2 N–H and O–H groups in total. The van der Waals surface area contributed by atoms with Crippen molar-refractivity contribution in [3.05, 3.63) is 21.7 Å². The Morgan fingerprint density at radius 3 is 2.58 bits per heavy atom. The Balaban J connectivity index is 2.12. The fourth-order valence-corrected chi connectivity index (χ4v) is 4.69. The van der Waals surface area contributed by atoms with Crippen molar-refractivity contribution in [3.63, 3.8) is 0 Å². The van der Waals surface area contributed by atoms with Crippen molar-refractivity contribution in [2.75, 3.05) is 13.1 Å². The minimum absolute atomic E-state index is 0.0387. The maximum absolute atomic E-state index is 14.4. The van der Waals surface area contributed by atoms with Crippen LogP contribution in [0.1, 0.15) is 59.8 Å². The quantitative estimate of drug-likeness (QED) is 0.572. The molecular weight excluding hydrogens is 321 g/mol. The SMILES string of the molecule is CCCC1(F)CC(CN2CC(/C(C#N)=C(\C)N)=C(S)CC2(C)C)C1. The van der Waals surface area contributed by atoms with E-state index in [0.29, 0.717) is 43.0 Å². The fraction of sp³-hybridized carbons (Fsp3) is 0.737. The normalized spacial score (nSPS) is 31.3. The van der Waals surface area contributed by atoms with E-state index in [1.165, 1.54) is 0 Å². The molecule has 0 bridgehead atoms. The molecule has 0 aromatic heterocycles. The molecule has 0 unspecified atom stereocenters. The van der Waals surface area contributed by atoms with Crippen molar-refractivity contribution in [1.29, 1.82) is 5.26 Å². The molecule has 0 aromatic carbocycles. The predicted molar refractivity (Wildman–Crippen MR) is 100 cm³/mol. The molecule has 0 radical (unpaired) electrons. The summed E-state index contributed by atoms with van der Waals surface area (Å²) in [6.45, 7) is 9.71. The molecule has 1 aliphatic carbocycles. The van der Waals surface area contributed by atoms with Crippen LogP contribution >= 0.6 is 12.6 Å². The zero-order chi connectivity index (χ0) is 18.1. The highest BCUT2D eigenvalue weighted by Gasteiger charge is 2.46. The molecule has 0 atom stereocenters. The Hall–Kier alpha value is -0.990. The van der Waals surface area contributed by atoms with Gasteiger partial charge in [0.25, 0.3) is 0 Å². The van der Waals surface area contributed by atoms with E-state index in [1.807, 2.05) is 6.92 Å². The van der Waals surface area contributed by atoms with Gasteiger partial charge in [-0.05, 0) is 62.9 Å². The van der Waals surface area contributed by atoms with Crippen LogP contribution in [0.2, 0.25) is 0 Å². The molecule has 24 heavy (non-hydrogen) atoms. The zero-order valence-corrected chi connectivity index (χ0v) is 16.2. The second kappa shape index (κ2) is 7.09. The summed E-state index contributed by atoms with van der Waals surface area (Å²) in [5, 5.41) is 9.43. The van der Waals surface area contributed by atoms with E-state index in [-0.39, 0.29) is 5.54 Å². The van der Waals surface area contributed by atoms with Crippen LogP contribution in [0.5, 0.6) is 0 Å². The molecule has 1 heterocycles. The summed E-state index contributed by atoms with van der Waals surface area (Å²) in [7, 11) is 0. The summed E-state index contributed by atoms with van der Waals surface area (Å²) >= 11 is 4.63. The lowest BCUT2D eigenvalue weighted by Gasteiger charge is -2.49. The highest BCUT2D eigenvalue weighted by molar-refractivity contribution is 7.84. The molecule has 1 saturated carbocycles. The van der Waals surface area contributed by atoms with Crippen LogP contribution in [0.4, 0.5) is 4.39 Å². The number of allylic oxidation sites excluding steroid dienone is 1. The van der Waals surface area contributed by atoms with E-state index in [2.05, 4.69) is 37.4 Å². The number of halogens is 1. The van der Waals surface area contributed by atoms with Crippen LogP contribution in [-0.2, 0) is 0 Å². The summed E-state index contributed by atoms with van der Waals surface area (Å²) < 4.78 is 14.4. The number of hydrogen-bond acceptors (Lipinski definition) is 4. The second-order valence-electron chi connectivity index (χ2n) is 8.14. The molecule has 1 aliphatic heterocycles. The van der Waals surface area contributed by atoms with Gasteiger partial charge in [-0.1, -0.05) is 13.3 Å². The van der Waals surface area contributed by atoms with Crippen molar-refractivity contribution < 1.29 is 4.39 Å². The van der Waals surface area contributed by atoms with E-state index in [9.17, 15) is 9.65 Å². The number of hydrogen-bond donors (Lipinski definition) is 2. The van der Waals surface area contributed by atoms with Crippen molar-refractivity contribution in [2.45, 2.75) is 71.0 Å². The maximum Gasteiger partial charge on any atom is 0.111 e. The van der Waals surface area contributed by atoms with Crippen LogP contribution in [0.3, 0.4) is 0 Å². The lowest BCUT2D eigenvalue weighted by molar-refractivity contribution is -0.0300. The molecule has 0 saturated heterocycles. The number of alkyl halides is 1. The zero-order valence-electron chi connectivity index (χ0n) is 15.3. The lowest BCUT2D eigenvalue weighted by Crippen LogP contribution is -2.53. The van der Waals surface area contributed by atoms with Gasteiger partial charge >= 0.3 is 0 Å². The third kappa shape index (κ3) is 3.97. The highest BCUT2D eigenvalue weighted by atomic mass is 32.1. The maximum atomic E-state index is 14.4. The first-order chi connectivity index (χ1) is 11.1. The lowest BCUT2D eigenvalue weighted by atomic mass is 9.69. The van der Waals surface area contributed by atoms with Gasteiger partial charge in [-0.2, -0.15) is 5.26 Å². The monoisotopic (exact) mass is 351 g/mol. The van der Waals surface area contributed by atoms with E-state index in [4.69, 9.17) is 5.73 Å². The first kappa shape index (κ1) is 19.3. The first-order valence-corrected chi connectivity index (χ1v) is 9.28. The predicted octanol–water partition coefficient (Wildman–Crippen LogP) is 4.33. The number of rotatable bonds is 5. The Morgan fingerprint density at radius 2 is 2.08 bits per heavy atom. The largest absolute Gasteiger partial charge is 0.401 e. The van der Waals surface area contributed by atoms with Crippen LogP contribution < -0.4 is 5.73 Å². The third-order valence-electron chi connectivity index (χ3n) is 5.45. The van der Waals surface area contributed by atoms with Gasteiger partial charge < -0.3 is 5.73 Å². The Bertz CT molecular complexity index is 590. The minimum Gasteiger partial charge on any atom is -0.401 e. The minimum atomic E-state index is -0.946. The smallest absolute Gasteiger partial charge is 0.111 e. The summed E-state index contributed by atoms with van der Waals surface area (Å²) in [6.07, 6.45) is 3.69. The average molecular weight is 352 g/mol. The van der Waals surface area contributed by atoms with E-state index in [1.54, 1.807) is 6.92 Å². The van der Waals surface area contributed by atoms with Crippen molar-refractivity contribution >= 4 is 12.6 Å². The van der Waals surface area contributed by atoms with Crippen LogP contribution in [-0.4, -0.2) is 29.2 Å². The van der Waals surface area contributed by atoms with Crippen molar-refractivity contribution in [3.8, 4) is 6.07 Å². The van der Waals surface area contributed by atoms with Gasteiger partial charge in [0.15, 0.2) is 0 Å². The van der Waals surface area contributed by atoms with Gasteiger partial charge in [0.2, 0.25) is 0 Å². The first-order valence-electron chi connectivity index (χ1n) is 8.83. The summed E-state index contributed by atoms with van der Waals surface area (Å²) in [5.41, 5.74) is 6.90.